The summed E-state index contributed by atoms with van der Waals surface area (Å²) in [5.41, 5.74) is 6.70. The Kier molecular flexibility index (Phi) is 4.54. The molecule has 0 unspecified atom stereocenters. The van der Waals surface area contributed by atoms with Crippen molar-refractivity contribution in [2.45, 2.75) is 32.6 Å². The quantitative estimate of drug-likeness (QED) is 0.624. The smallest absolute Gasteiger partial charge is 0.160 e. The fraction of sp³-hybridized carbons (Fsp3) is 0.280. The summed E-state index contributed by atoms with van der Waals surface area (Å²) in [5, 5.41) is 20.7. The fourth-order valence-electron chi connectivity index (χ4n) is 4.93. The van der Waals surface area contributed by atoms with Crippen LogP contribution in [-0.4, -0.2) is 17.3 Å². The summed E-state index contributed by atoms with van der Waals surface area (Å²) in [7, 11) is 1.57. The Morgan fingerprint density at radius 2 is 1.57 bits per heavy atom. The Morgan fingerprint density at radius 1 is 0.857 bits per heavy atom. The van der Waals surface area contributed by atoms with E-state index < -0.39 is 0 Å². The molecule has 2 N–H and O–H groups in total. The lowest BCUT2D eigenvalue weighted by Gasteiger charge is -2.23. The van der Waals surface area contributed by atoms with Crippen LogP contribution < -0.4 is 4.74 Å². The molecule has 0 saturated carbocycles. The van der Waals surface area contributed by atoms with E-state index in [9.17, 15) is 10.2 Å². The summed E-state index contributed by atoms with van der Waals surface area (Å²) in [5.74, 6) is 1.64. The first kappa shape index (κ1) is 18.4. The van der Waals surface area contributed by atoms with Crippen LogP contribution in [0.1, 0.15) is 52.1 Å². The van der Waals surface area contributed by atoms with Gasteiger partial charge in [0.15, 0.2) is 11.5 Å². The number of benzene rings is 3. The highest BCUT2D eigenvalue weighted by Gasteiger charge is 2.41. The fourth-order valence-corrected chi connectivity index (χ4v) is 4.93. The number of aryl methyl sites for hydroxylation is 1. The number of hydrogen-bond acceptors (Lipinski definition) is 3. The molecule has 0 radical (unpaired) electrons. The molecular weight excluding hydrogens is 348 g/mol. The van der Waals surface area contributed by atoms with E-state index in [1.807, 2.05) is 32.0 Å². The van der Waals surface area contributed by atoms with Crippen molar-refractivity contribution in [2.75, 3.05) is 7.11 Å². The maximum Gasteiger partial charge on any atom is 0.160 e. The van der Waals surface area contributed by atoms with Crippen LogP contribution in [0.15, 0.2) is 54.6 Å². The molecule has 0 aromatic heterocycles. The normalized spacial score (nSPS) is 20.8. The van der Waals surface area contributed by atoms with E-state index in [4.69, 9.17) is 4.74 Å². The van der Waals surface area contributed by atoms with Crippen LogP contribution in [0.25, 0.3) is 0 Å². The zero-order valence-corrected chi connectivity index (χ0v) is 16.7. The standard InChI is InChI=1S/C25H26O3/c1-14-12-19-22(17-8-6-5-7-9-17)15(2)23(24(19)16(3)25(14)27)18-10-11-20(26)21(13-18)28-4/h5-13,15,22-23,26-27H,1-4H3/t15-,22-,23-/m0/s1. The number of methoxy groups -OCH3 is 1. The molecule has 1 aliphatic rings. The van der Waals surface area contributed by atoms with Gasteiger partial charge in [-0.3, -0.25) is 0 Å². The van der Waals surface area contributed by atoms with E-state index in [-0.39, 0.29) is 17.6 Å². The van der Waals surface area contributed by atoms with Crippen LogP contribution in [0.2, 0.25) is 0 Å². The molecule has 3 nitrogen and oxygen atoms in total. The molecule has 3 aromatic carbocycles. The van der Waals surface area contributed by atoms with E-state index in [1.165, 1.54) is 16.7 Å². The van der Waals surface area contributed by atoms with Crippen molar-refractivity contribution < 1.29 is 14.9 Å². The first-order valence-electron chi connectivity index (χ1n) is 9.68. The number of ether oxygens (including phenoxy) is 1. The van der Waals surface area contributed by atoms with Gasteiger partial charge >= 0.3 is 0 Å². The second-order valence-electron chi connectivity index (χ2n) is 7.83. The number of aromatic hydroxyl groups is 2. The Labute approximate surface area is 166 Å². The topological polar surface area (TPSA) is 49.7 Å². The molecule has 28 heavy (non-hydrogen) atoms. The van der Waals surface area contributed by atoms with Crippen LogP contribution in [0.3, 0.4) is 0 Å². The molecule has 3 heteroatoms. The van der Waals surface area contributed by atoms with Crippen molar-refractivity contribution in [3.05, 3.63) is 88.0 Å². The first-order chi connectivity index (χ1) is 13.4. The Hall–Kier alpha value is -2.94. The maximum absolute atomic E-state index is 10.7. The van der Waals surface area contributed by atoms with Gasteiger partial charge in [0.1, 0.15) is 5.75 Å². The molecule has 0 spiro atoms. The van der Waals surface area contributed by atoms with Crippen molar-refractivity contribution in [3.8, 4) is 17.2 Å². The lowest BCUT2D eigenvalue weighted by molar-refractivity contribution is 0.372. The van der Waals surface area contributed by atoms with E-state index in [0.717, 1.165) is 16.7 Å². The third kappa shape index (κ3) is 2.73. The highest BCUT2D eigenvalue weighted by molar-refractivity contribution is 5.60. The minimum atomic E-state index is 0.112. The van der Waals surface area contributed by atoms with Gasteiger partial charge in [-0.25, -0.2) is 0 Å². The van der Waals surface area contributed by atoms with Crippen molar-refractivity contribution in [1.82, 2.24) is 0 Å². The molecular formula is C25H26O3. The maximum atomic E-state index is 10.7. The molecule has 144 valence electrons. The molecule has 0 fully saturated rings. The van der Waals surface area contributed by atoms with Gasteiger partial charge in [0, 0.05) is 11.8 Å². The number of phenolic OH excluding ortho intramolecular Hbond substituents is 2. The lowest BCUT2D eigenvalue weighted by Crippen LogP contribution is -2.11. The minimum absolute atomic E-state index is 0.112. The highest BCUT2D eigenvalue weighted by atomic mass is 16.5. The van der Waals surface area contributed by atoms with Gasteiger partial charge < -0.3 is 14.9 Å². The second kappa shape index (κ2) is 6.90. The molecule has 3 aromatic rings. The molecule has 0 heterocycles. The summed E-state index contributed by atoms with van der Waals surface area (Å²) in [6.07, 6.45) is 0. The summed E-state index contributed by atoms with van der Waals surface area (Å²) in [4.78, 5) is 0. The highest BCUT2D eigenvalue weighted by Crippen LogP contribution is 2.55. The molecule has 0 aliphatic heterocycles. The number of fused-ring (bicyclic) bond motifs is 1. The van der Waals surface area contributed by atoms with Gasteiger partial charge in [0.2, 0.25) is 0 Å². The van der Waals surface area contributed by atoms with Crippen molar-refractivity contribution in [1.29, 1.82) is 0 Å². The predicted molar refractivity (Wildman–Crippen MR) is 112 cm³/mol. The summed E-state index contributed by atoms with van der Waals surface area (Å²) >= 11 is 0. The molecule has 4 rings (SSSR count). The van der Waals surface area contributed by atoms with Crippen LogP contribution in [0.4, 0.5) is 0 Å². The van der Waals surface area contributed by atoms with Crippen molar-refractivity contribution in [2.24, 2.45) is 5.92 Å². The summed E-state index contributed by atoms with van der Waals surface area (Å²) in [6.45, 7) is 6.24. The number of phenols is 2. The Balaban J connectivity index is 1.96. The summed E-state index contributed by atoms with van der Waals surface area (Å²) in [6, 6.07) is 18.3. The predicted octanol–water partition coefficient (Wildman–Crippen LogP) is 5.64. The van der Waals surface area contributed by atoms with E-state index in [1.54, 1.807) is 13.2 Å². The molecule has 0 bridgehead atoms. The zero-order chi connectivity index (χ0) is 20.0. The van der Waals surface area contributed by atoms with Crippen LogP contribution >= 0.6 is 0 Å². The van der Waals surface area contributed by atoms with Gasteiger partial charge in [0.05, 0.1) is 7.11 Å². The van der Waals surface area contributed by atoms with E-state index in [2.05, 4.69) is 37.3 Å². The SMILES string of the molecule is COc1cc([C@H]2c3c(cc(C)c(O)c3C)[C@H](c3ccccc3)[C@@H]2C)ccc1O. The molecule has 3 atom stereocenters. The lowest BCUT2D eigenvalue weighted by atomic mass is 9.80. The van der Waals surface area contributed by atoms with Gasteiger partial charge in [-0.05, 0) is 65.3 Å². The molecule has 0 saturated heterocycles. The Morgan fingerprint density at radius 3 is 2.25 bits per heavy atom. The van der Waals surface area contributed by atoms with Crippen LogP contribution in [0.5, 0.6) is 17.2 Å². The average Bonchev–Trinajstić information content (AvgIpc) is 2.99. The Bertz CT molecular complexity index is 1020. The minimum Gasteiger partial charge on any atom is -0.507 e. The monoisotopic (exact) mass is 374 g/mol. The van der Waals surface area contributed by atoms with Crippen LogP contribution in [0, 0.1) is 19.8 Å². The third-order valence-electron chi connectivity index (χ3n) is 6.23. The second-order valence-corrected chi connectivity index (χ2v) is 7.83. The van der Waals surface area contributed by atoms with Gasteiger partial charge in [-0.2, -0.15) is 0 Å². The molecule has 1 aliphatic carbocycles. The average molecular weight is 374 g/mol. The largest absolute Gasteiger partial charge is 0.507 e. The van der Waals surface area contributed by atoms with Gasteiger partial charge in [-0.15, -0.1) is 0 Å². The number of hydrogen-bond donors (Lipinski definition) is 2. The van der Waals surface area contributed by atoms with E-state index >= 15 is 0 Å². The van der Waals surface area contributed by atoms with Crippen molar-refractivity contribution >= 4 is 0 Å². The van der Waals surface area contributed by atoms with Gasteiger partial charge in [-0.1, -0.05) is 49.4 Å². The van der Waals surface area contributed by atoms with Gasteiger partial charge in [0.25, 0.3) is 0 Å². The van der Waals surface area contributed by atoms with Crippen molar-refractivity contribution in [3.63, 3.8) is 0 Å². The number of rotatable bonds is 3. The van der Waals surface area contributed by atoms with Crippen LogP contribution in [-0.2, 0) is 0 Å². The van der Waals surface area contributed by atoms with E-state index in [0.29, 0.717) is 17.4 Å². The molecule has 0 amide bonds. The summed E-state index contributed by atoms with van der Waals surface area (Å²) < 4.78 is 5.35. The zero-order valence-electron chi connectivity index (χ0n) is 16.7. The third-order valence-corrected chi connectivity index (χ3v) is 6.23. The first-order valence-corrected chi connectivity index (χ1v) is 9.68.